The second kappa shape index (κ2) is 7.17. The molecule has 0 atom stereocenters. The third-order valence-electron chi connectivity index (χ3n) is 4.24. The first kappa shape index (κ1) is 15.4. The summed E-state index contributed by atoms with van der Waals surface area (Å²) in [5.74, 6) is 0.240. The number of nitrogens with one attached hydrogen (secondary N) is 1. The largest absolute Gasteiger partial charge is 0.350 e. The second-order valence-corrected chi connectivity index (χ2v) is 5.82. The van der Waals surface area contributed by atoms with Crippen molar-refractivity contribution in [2.45, 2.75) is 38.1 Å². The molecule has 0 aliphatic heterocycles. The summed E-state index contributed by atoms with van der Waals surface area (Å²) in [7, 11) is 0. The highest BCUT2D eigenvalue weighted by molar-refractivity contribution is 5.93. The van der Waals surface area contributed by atoms with Crippen LogP contribution in [0, 0.1) is 0 Å². The number of amides is 1. The molecular formula is C17H20N4O2. The predicted molar refractivity (Wildman–Crippen MR) is 86.3 cm³/mol. The second-order valence-electron chi connectivity index (χ2n) is 5.82. The van der Waals surface area contributed by atoms with E-state index in [1.54, 1.807) is 30.7 Å². The van der Waals surface area contributed by atoms with Crippen LogP contribution in [0.1, 0.15) is 47.7 Å². The van der Waals surface area contributed by atoms with Gasteiger partial charge in [0.2, 0.25) is 0 Å². The van der Waals surface area contributed by atoms with Gasteiger partial charge in [0, 0.05) is 37.5 Å². The number of nitrogens with zero attached hydrogens (tertiary/aromatic N) is 3. The van der Waals surface area contributed by atoms with E-state index in [0.29, 0.717) is 24.6 Å². The van der Waals surface area contributed by atoms with Crippen LogP contribution in [0.2, 0.25) is 0 Å². The van der Waals surface area contributed by atoms with E-state index in [1.165, 1.54) is 23.6 Å². The number of aromatic nitrogens is 3. The summed E-state index contributed by atoms with van der Waals surface area (Å²) in [5.41, 5.74) is 1.36. The number of carbonyl (C=O) groups is 1. The molecule has 2 aromatic heterocycles. The molecule has 2 heterocycles. The lowest BCUT2D eigenvalue weighted by Crippen LogP contribution is -2.31. The first-order valence-electron chi connectivity index (χ1n) is 7.98. The van der Waals surface area contributed by atoms with Crippen molar-refractivity contribution in [3.63, 3.8) is 0 Å². The molecule has 0 spiro atoms. The van der Waals surface area contributed by atoms with Crippen molar-refractivity contribution in [1.29, 1.82) is 0 Å². The molecule has 2 aromatic rings. The molecule has 6 heteroatoms. The zero-order valence-corrected chi connectivity index (χ0v) is 12.9. The zero-order valence-electron chi connectivity index (χ0n) is 12.9. The highest BCUT2D eigenvalue weighted by Gasteiger charge is 2.18. The van der Waals surface area contributed by atoms with Gasteiger partial charge >= 0.3 is 0 Å². The molecule has 1 N–H and O–H groups in total. The van der Waals surface area contributed by atoms with Crippen molar-refractivity contribution in [1.82, 2.24) is 19.9 Å². The van der Waals surface area contributed by atoms with Gasteiger partial charge in [0.1, 0.15) is 0 Å². The standard InChI is InChI=1S/C17H20N4O2/c22-16-10-15(13-4-1-2-5-13)20-12-21(16)9-8-19-17(23)14-6-3-7-18-11-14/h3,6-7,10-13H,1-2,4-5,8-9H2,(H,19,23). The van der Waals surface area contributed by atoms with Gasteiger partial charge in [-0.05, 0) is 25.0 Å². The lowest BCUT2D eigenvalue weighted by molar-refractivity contribution is 0.0952. The summed E-state index contributed by atoms with van der Waals surface area (Å²) < 4.78 is 1.53. The van der Waals surface area contributed by atoms with Crippen LogP contribution in [0.3, 0.4) is 0 Å². The molecule has 0 radical (unpaired) electrons. The van der Waals surface area contributed by atoms with Crippen molar-refractivity contribution in [3.05, 3.63) is 58.5 Å². The topological polar surface area (TPSA) is 76.9 Å². The average Bonchev–Trinajstić information content (AvgIpc) is 3.11. The fourth-order valence-corrected chi connectivity index (χ4v) is 2.94. The third-order valence-corrected chi connectivity index (χ3v) is 4.24. The van der Waals surface area contributed by atoms with Gasteiger partial charge in [0.05, 0.1) is 17.6 Å². The number of hydrogen-bond acceptors (Lipinski definition) is 4. The Morgan fingerprint density at radius 3 is 2.87 bits per heavy atom. The lowest BCUT2D eigenvalue weighted by atomic mass is 10.0. The number of carbonyl (C=O) groups excluding carboxylic acids is 1. The first-order valence-corrected chi connectivity index (χ1v) is 7.98. The van der Waals surface area contributed by atoms with Crippen molar-refractivity contribution in [2.24, 2.45) is 0 Å². The smallest absolute Gasteiger partial charge is 0.253 e. The van der Waals surface area contributed by atoms with Crippen molar-refractivity contribution in [2.75, 3.05) is 6.54 Å². The Bertz CT molecular complexity index is 721. The van der Waals surface area contributed by atoms with E-state index in [-0.39, 0.29) is 11.5 Å². The SMILES string of the molecule is O=C(NCCn1cnc(C2CCCC2)cc1=O)c1cccnc1. The molecule has 6 nitrogen and oxygen atoms in total. The molecule has 3 rings (SSSR count). The van der Waals surface area contributed by atoms with Crippen LogP contribution in [-0.2, 0) is 6.54 Å². The van der Waals surface area contributed by atoms with Gasteiger partial charge in [0.25, 0.3) is 11.5 Å². The lowest BCUT2D eigenvalue weighted by Gasteiger charge is -2.10. The van der Waals surface area contributed by atoms with Gasteiger partial charge < -0.3 is 5.32 Å². The quantitative estimate of drug-likeness (QED) is 0.912. The minimum absolute atomic E-state index is 0.0578. The molecule has 1 aliphatic rings. The Hall–Kier alpha value is -2.50. The number of rotatable bonds is 5. The summed E-state index contributed by atoms with van der Waals surface area (Å²) in [6, 6.07) is 5.05. The predicted octanol–water partition coefficient (Wildman–Crippen LogP) is 1.73. The van der Waals surface area contributed by atoms with E-state index in [0.717, 1.165) is 18.5 Å². The fraction of sp³-hybridized carbons (Fsp3) is 0.412. The van der Waals surface area contributed by atoms with Crippen LogP contribution in [0.4, 0.5) is 0 Å². The molecular weight excluding hydrogens is 292 g/mol. The van der Waals surface area contributed by atoms with Crippen LogP contribution < -0.4 is 10.9 Å². The van der Waals surface area contributed by atoms with E-state index >= 15 is 0 Å². The minimum atomic E-state index is -0.193. The zero-order chi connectivity index (χ0) is 16.1. The van der Waals surface area contributed by atoms with Crippen LogP contribution in [0.25, 0.3) is 0 Å². The van der Waals surface area contributed by atoms with Gasteiger partial charge in [-0.2, -0.15) is 0 Å². The van der Waals surface area contributed by atoms with Gasteiger partial charge in [-0.1, -0.05) is 12.8 Å². The molecule has 0 unspecified atom stereocenters. The summed E-state index contributed by atoms with van der Waals surface area (Å²) in [5, 5.41) is 2.78. The maximum Gasteiger partial charge on any atom is 0.253 e. The Kier molecular flexibility index (Phi) is 4.80. The summed E-state index contributed by atoms with van der Waals surface area (Å²) >= 11 is 0. The highest BCUT2D eigenvalue weighted by Crippen LogP contribution is 2.32. The molecule has 0 bridgehead atoms. The third kappa shape index (κ3) is 3.83. The molecule has 1 aliphatic carbocycles. The molecule has 120 valence electrons. The van der Waals surface area contributed by atoms with E-state index < -0.39 is 0 Å². The van der Waals surface area contributed by atoms with Crippen molar-refractivity contribution in [3.8, 4) is 0 Å². The van der Waals surface area contributed by atoms with Crippen molar-refractivity contribution < 1.29 is 4.79 Å². The number of hydrogen-bond donors (Lipinski definition) is 1. The fourth-order valence-electron chi connectivity index (χ4n) is 2.94. The van der Waals surface area contributed by atoms with E-state index in [9.17, 15) is 9.59 Å². The van der Waals surface area contributed by atoms with Gasteiger partial charge in [0.15, 0.2) is 0 Å². The molecule has 23 heavy (non-hydrogen) atoms. The van der Waals surface area contributed by atoms with Crippen LogP contribution in [0.15, 0.2) is 41.7 Å². The molecule has 1 amide bonds. The monoisotopic (exact) mass is 312 g/mol. The molecule has 1 fully saturated rings. The summed E-state index contributed by atoms with van der Waals surface area (Å²) in [6.45, 7) is 0.779. The minimum Gasteiger partial charge on any atom is -0.350 e. The van der Waals surface area contributed by atoms with Crippen molar-refractivity contribution >= 4 is 5.91 Å². The van der Waals surface area contributed by atoms with Gasteiger partial charge in [-0.25, -0.2) is 4.98 Å². The van der Waals surface area contributed by atoms with Crippen LogP contribution in [-0.4, -0.2) is 27.0 Å². The van der Waals surface area contributed by atoms with E-state index in [1.807, 2.05) is 0 Å². The normalized spacial score (nSPS) is 14.8. The highest BCUT2D eigenvalue weighted by atomic mass is 16.1. The van der Waals surface area contributed by atoms with E-state index in [4.69, 9.17) is 0 Å². The Morgan fingerprint density at radius 2 is 2.17 bits per heavy atom. The van der Waals surface area contributed by atoms with Gasteiger partial charge in [-0.15, -0.1) is 0 Å². The van der Waals surface area contributed by atoms with Crippen LogP contribution in [0.5, 0.6) is 0 Å². The van der Waals surface area contributed by atoms with E-state index in [2.05, 4.69) is 15.3 Å². The Morgan fingerprint density at radius 1 is 1.35 bits per heavy atom. The molecule has 0 saturated heterocycles. The molecule has 0 aromatic carbocycles. The summed E-state index contributed by atoms with van der Waals surface area (Å²) in [4.78, 5) is 32.4. The molecule has 1 saturated carbocycles. The number of pyridine rings is 1. The maximum absolute atomic E-state index is 12.1. The average molecular weight is 312 g/mol. The van der Waals surface area contributed by atoms with Crippen LogP contribution >= 0.6 is 0 Å². The summed E-state index contributed by atoms with van der Waals surface area (Å²) in [6.07, 6.45) is 9.40. The first-order chi connectivity index (χ1) is 11.2. The maximum atomic E-state index is 12.1. The Labute approximate surface area is 134 Å². The Balaban J connectivity index is 1.56. The van der Waals surface area contributed by atoms with Gasteiger partial charge in [-0.3, -0.25) is 19.1 Å².